The first-order valence-electron chi connectivity index (χ1n) is 6.17. The molecule has 1 aromatic rings. The third-order valence-electron chi connectivity index (χ3n) is 3.02. The number of hydrogen-bond acceptors (Lipinski definition) is 4. The van der Waals surface area contributed by atoms with Gasteiger partial charge in [0, 0.05) is 36.7 Å². The van der Waals surface area contributed by atoms with Gasteiger partial charge in [-0.25, -0.2) is 0 Å². The molecule has 1 N–H and O–H groups in total. The minimum Gasteiger partial charge on any atom is -0.497 e. The van der Waals surface area contributed by atoms with Crippen molar-refractivity contribution >= 4 is 21.6 Å². The summed E-state index contributed by atoms with van der Waals surface area (Å²) in [4.78, 5) is 2.41. The molecule has 5 heteroatoms. The number of morpholine rings is 1. The van der Waals surface area contributed by atoms with Crippen LogP contribution in [0.4, 0.5) is 5.69 Å². The first kappa shape index (κ1) is 13.6. The summed E-state index contributed by atoms with van der Waals surface area (Å²) in [7, 11) is 1.68. The van der Waals surface area contributed by atoms with Gasteiger partial charge in [-0.1, -0.05) is 0 Å². The maximum atomic E-state index is 5.33. The van der Waals surface area contributed by atoms with Gasteiger partial charge >= 0.3 is 0 Å². The fourth-order valence-electron chi connectivity index (χ4n) is 1.94. The molecule has 1 aromatic carbocycles. The van der Waals surface area contributed by atoms with Crippen LogP contribution in [-0.2, 0) is 4.74 Å². The first-order chi connectivity index (χ1) is 8.79. The van der Waals surface area contributed by atoms with Crippen molar-refractivity contribution in [3.63, 3.8) is 0 Å². The smallest absolute Gasteiger partial charge is 0.121 e. The van der Waals surface area contributed by atoms with Crippen molar-refractivity contribution in [2.24, 2.45) is 0 Å². The molecule has 1 heterocycles. The van der Waals surface area contributed by atoms with E-state index in [1.54, 1.807) is 7.11 Å². The van der Waals surface area contributed by atoms with Gasteiger partial charge in [-0.2, -0.15) is 0 Å². The molecule has 1 aliphatic heterocycles. The summed E-state index contributed by atoms with van der Waals surface area (Å²) in [5.74, 6) is 0.868. The number of ether oxygens (including phenoxy) is 2. The SMILES string of the molecule is COc1ccc(Br)c(NCCN2CCOCC2)c1. The summed E-state index contributed by atoms with van der Waals surface area (Å²) in [6, 6.07) is 5.94. The van der Waals surface area contributed by atoms with Crippen LogP contribution in [0, 0.1) is 0 Å². The highest BCUT2D eigenvalue weighted by Gasteiger charge is 2.09. The Morgan fingerprint density at radius 2 is 2.17 bits per heavy atom. The van der Waals surface area contributed by atoms with E-state index in [4.69, 9.17) is 9.47 Å². The molecule has 100 valence electrons. The van der Waals surface area contributed by atoms with E-state index in [-0.39, 0.29) is 0 Å². The lowest BCUT2D eigenvalue weighted by atomic mass is 10.3. The molecule has 0 saturated carbocycles. The van der Waals surface area contributed by atoms with Crippen LogP contribution in [0.5, 0.6) is 5.75 Å². The van der Waals surface area contributed by atoms with Gasteiger partial charge in [0.15, 0.2) is 0 Å². The molecule has 1 aliphatic rings. The van der Waals surface area contributed by atoms with Crippen LogP contribution in [0.15, 0.2) is 22.7 Å². The molecule has 0 aromatic heterocycles. The highest BCUT2D eigenvalue weighted by Crippen LogP contribution is 2.26. The molecule has 4 nitrogen and oxygen atoms in total. The quantitative estimate of drug-likeness (QED) is 0.903. The van der Waals surface area contributed by atoms with Gasteiger partial charge < -0.3 is 14.8 Å². The number of methoxy groups -OCH3 is 1. The molecule has 1 saturated heterocycles. The number of nitrogens with one attached hydrogen (secondary N) is 1. The fraction of sp³-hybridized carbons (Fsp3) is 0.538. The molecule has 2 rings (SSSR count). The average Bonchev–Trinajstić information content (AvgIpc) is 2.42. The number of anilines is 1. The van der Waals surface area contributed by atoms with Gasteiger partial charge in [-0.05, 0) is 28.1 Å². The lowest BCUT2D eigenvalue weighted by Gasteiger charge is -2.26. The summed E-state index contributed by atoms with van der Waals surface area (Å²) in [6.07, 6.45) is 0. The lowest BCUT2D eigenvalue weighted by molar-refractivity contribution is 0.0398. The minimum absolute atomic E-state index is 0.850. The molecule has 0 spiro atoms. The zero-order valence-corrected chi connectivity index (χ0v) is 12.2. The third kappa shape index (κ3) is 3.86. The number of hydrogen-bond donors (Lipinski definition) is 1. The molecule has 18 heavy (non-hydrogen) atoms. The Morgan fingerprint density at radius 3 is 2.89 bits per heavy atom. The van der Waals surface area contributed by atoms with Crippen molar-refractivity contribution in [1.29, 1.82) is 0 Å². The van der Waals surface area contributed by atoms with E-state index in [1.807, 2.05) is 18.2 Å². The van der Waals surface area contributed by atoms with E-state index < -0.39 is 0 Å². The van der Waals surface area contributed by atoms with Crippen LogP contribution < -0.4 is 10.1 Å². The van der Waals surface area contributed by atoms with Crippen molar-refractivity contribution in [3.05, 3.63) is 22.7 Å². The Kier molecular flexibility index (Phi) is 5.28. The van der Waals surface area contributed by atoms with E-state index in [2.05, 4.69) is 26.1 Å². The molecule has 0 amide bonds. The van der Waals surface area contributed by atoms with Crippen molar-refractivity contribution in [3.8, 4) is 5.75 Å². The lowest BCUT2D eigenvalue weighted by Crippen LogP contribution is -2.39. The summed E-state index contributed by atoms with van der Waals surface area (Å²) >= 11 is 3.53. The summed E-state index contributed by atoms with van der Waals surface area (Å²) in [5.41, 5.74) is 1.07. The summed E-state index contributed by atoms with van der Waals surface area (Å²) in [5, 5.41) is 3.43. The zero-order valence-electron chi connectivity index (χ0n) is 10.6. The standard InChI is InChI=1S/C13H19BrN2O2/c1-17-11-2-3-12(14)13(10-11)15-4-5-16-6-8-18-9-7-16/h2-3,10,15H,4-9H2,1H3. The fourth-order valence-corrected chi connectivity index (χ4v) is 2.33. The third-order valence-corrected chi connectivity index (χ3v) is 3.71. The second-order valence-electron chi connectivity index (χ2n) is 4.23. The molecule has 0 radical (unpaired) electrons. The van der Waals surface area contributed by atoms with Crippen LogP contribution in [0.2, 0.25) is 0 Å². The highest BCUT2D eigenvalue weighted by atomic mass is 79.9. The van der Waals surface area contributed by atoms with Gasteiger partial charge in [0.1, 0.15) is 5.75 Å². The van der Waals surface area contributed by atoms with Crippen molar-refractivity contribution in [2.45, 2.75) is 0 Å². The molecular weight excluding hydrogens is 296 g/mol. The van der Waals surface area contributed by atoms with Crippen LogP contribution in [0.1, 0.15) is 0 Å². The van der Waals surface area contributed by atoms with Gasteiger partial charge in [-0.15, -0.1) is 0 Å². The predicted octanol–water partition coefficient (Wildman–Crippen LogP) is 2.20. The van der Waals surface area contributed by atoms with Crippen molar-refractivity contribution in [2.75, 3.05) is 51.8 Å². The molecule has 0 unspecified atom stereocenters. The summed E-state index contributed by atoms with van der Waals surface area (Å²) < 4.78 is 11.6. The Hall–Kier alpha value is -0.780. The van der Waals surface area contributed by atoms with Gasteiger partial charge in [-0.3, -0.25) is 4.90 Å². The largest absolute Gasteiger partial charge is 0.497 e. The van der Waals surface area contributed by atoms with E-state index in [9.17, 15) is 0 Å². The van der Waals surface area contributed by atoms with Crippen LogP contribution in [0.25, 0.3) is 0 Å². The van der Waals surface area contributed by atoms with E-state index in [0.717, 1.165) is 55.3 Å². The molecule has 1 fully saturated rings. The predicted molar refractivity (Wildman–Crippen MR) is 76.4 cm³/mol. The highest BCUT2D eigenvalue weighted by molar-refractivity contribution is 9.10. The Morgan fingerprint density at radius 1 is 1.39 bits per heavy atom. The summed E-state index contributed by atoms with van der Waals surface area (Å²) in [6.45, 7) is 5.71. The van der Waals surface area contributed by atoms with Gasteiger partial charge in [0.05, 0.1) is 26.0 Å². The normalized spacial score (nSPS) is 16.6. The van der Waals surface area contributed by atoms with Crippen molar-refractivity contribution in [1.82, 2.24) is 4.90 Å². The van der Waals surface area contributed by atoms with Crippen LogP contribution in [-0.4, -0.2) is 51.4 Å². The maximum absolute atomic E-state index is 5.33. The number of benzene rings is 1. The van der Waals surface area contributed by atoms with E-state index in [0.29, 0.717) is 0 Å². The van der Waals surface area contributed by atoms with E-state index >= 15 is 0 Å². The minimum atomic E-state index is 0.850. The second-order valence-corrected chi connectivity index (χ2v) is 5.08. The molecule has 0 bridgehead atoms. The number of halogens is 1. The van der Waals surface area contributed by atoms with E-state index in [1.165, 1.54) is 0 Å². The Bertz CT molecular complexity index is 381. The average molecular weight is 315 g/mol. The van der Waals surface area contributed by atoms with Crippen molar-refractivity contribution < 1.29 is 9.47 Å². The molecule has 0 aliphatic carbocycles. The van der Waals surface area contributed by atoms with Crippen LogP contribution >= 0.6 is 15.9 Å². The number of rotatable bonds is 5. The van der Waals surface area contributed by atoms with Gasteiger partial charge in [0.2, 0.25) is 0 Å². The monoisotopic (exact) mass is 314 g/mol. The van der Waals surface area contributed by atoms with Crippen LogP contribution in [0.3, 0.4) is 0 Å². The Balaban J connectivity index is 1.81. The Labute approximate surface area is 116 Å². The number of nitrogens with zero attached hydrogens (tertiary/aromatic N) is 1. The topological polar surface area (TPSA) is 33.7 Å². The first-order valence-corrected chi connectivity index (χ1v) is 6.96. The second kappa shape index (κ2) is 6.97. The molecule has 0 atom stereocenters. The maximum Gasteiger partial charge on any atom is 0.121 e. The zero-order chi connectivity index (χ0) is 12.8. The molecular formula is C13H19BrN2O2. The van der Waals surface area contributed by atoms with Gasteiger partial charge in [0.25, 0.3) is 0 Å².